The number of anilines is 1. The molecule has 2 aromatic heterocycles. The lowest BCUT2D eigenvalue weighted by atomic mass is 9.86. The molecule has 0 bridgehead atoms. The molecule has 1 aliphatic heterocycles. The van der Waals surface area contributed by atoms with Crippen molar-refractivity contribution in [2.24, 2.45) is 0 Å². The Morgan fingerprint density at radius 3 is 2.72 bits per heavy atom. The van der Waals surface area contributed by atoms with Crippen molar-refractivity contribution in [2.45, 2.75) is 31.1 Å². The van der Waals surface area contributed by atoms with E-state index in [0.29, 0.717) is 6.42 Å². The number of carbonyl (C=O) groups is 1. The van der Waals surface area contributed by atoms with Crippen molar-refractivity contribution in [3.8, 4) is 5.13 Å². The second-order valence-electron chi connectivity index (χ2n) is 7.31. The number of thioether (sulfide) groups is 1. The fourth-order valence-electron chi connectivity index (χ4n) is 3.92. The van der Waals surface area contributed by atoms with Crippen molar-refractivity contribution >= 4 is 45.0 Å². The van der Waals surface area contributed by atoms with Gasteiger partial charge < -0.3 is 5.32 Å². The SMILES string of the molecule is CSc1ccc([C@H]2CC(=O)Nc3c2c(C)nn3-c2nc3ccc(C)cc3s2)cc1. The summed E-state index contributed by atoms with van der Waals surface area (Å²) in [6.07, 6.45) is 2.49. The third-order valence-electron chi connectivity index (χ3n) is 5.33. The Morgan fingerprint density at radius 1 is 1.17 bits per heavy atom. The fourth-order valence-corrected chi connectivity index (χ4v) is 5.35. The molecule has 1 aliphatic rings. The second kappa shape index (κ2) is 7.00. The van der Waals surface area contributed by atoms with E-state index >= 15 is 0 Å². The van der Waals surface area contributed by atoms with E-state index in [2.05, 4.69) is 54.9 Å². The van der Waals surface area contributed by atoms with Crippen molar-refractivity contribution in [1.29, 1.82) is 0 Å². The largest absolute Gasteiger partial charge is 0.310 e. The standard InChI is InChI=1S/C22H20N4OS2/c1-12-4-9-17-18(10-12)29-22(23-17)26-21-20(13(2)25-26)16(11-19(27)24-21)14-5-7-15(28-3)8-6-14/h4-10,16H,11H2,1-3H3,(H,24,27)/t16-/m1/s1. The van der Waals surface area contributed by atoms with Crippen LogP contribution in [0, 0.1) is 13.8 Å². The number of hydrogen-bond donors (Lipinski definition) is 1. The maximum Gasteiger partial charge on any atom is 0.226 e. The molecule has 4 aromatic rings. The number of nitrogens with zero attached hydrogens (tertiary/aromatic N) is 3. The van der Waals surface area contributed by atoms with Gasteiger partial charge in [0, 0.05) is 22.8 Å². The van der Waals surface area contributed by atoms with Gasteiger partial charge in [0.05, 0.1) is 15.9 Å². The number of aryl methyl sites for hydroxylation is 2. The van der Waals surface area contributed by atoms with E-state index in [1.54, 1.807) is 27.8 Å². The molecule has 146 valence electrons. The highest BCUT2D eigenvalue weighted by atomic mass is 32.2. The highest BCUT2D eigenvalue weighted by Crippen LogP contribution is 2.41. The number of nitrogens with one attached hydrogen (secondary N) is 1. The lowest BCUT2D eigenvalue weighted by Crippen LogP contribution is -2.24. The third kappa shape index (κ3) is 3.14. The summed E-state index contributed by atoms with van der Waals surface area (Å²) in [6, 6.07) is 14.7. The first-order valence-corrected chi connectivity index (χ1v) is 11.5. The van der Waals surface area contributed by atoms with Crippen LogP contribution in [0.4, 0.5) is 5.82 Å². The maximum atomic E-state index is 12.6. The van der Waals surface area contributed by atoms with Gasteiger partial charge in [0.2, 0.25) is 11.0 Å². The minimum absolute atomic E-state index is 0.0000268. The van der Waals surface area contributed by atoms with Gasteiger partial charge in [-0.25, -0.2) is 4.98 Å². The molecule has 5 rings (SSSR count). The van der Waals surface area contributed by atoms with Crippen LogP contribution in [0.1, 0.15) is 34.7 Å². The number of hydrogen-bond acceptors (Lipinski definition) is 5. The molecular formula is C22H20N4OS2. The van der Waals surface area contributed by atoms with E-state index in [4.69, 9.17) is 10.1 Å². The van der Waals surface area contributed by atoms with Gasteiger partial charge in [-0.3, -0.25) is 4.79 Å². The van der Waals surface area contributed by atoms with E-state index in [0.717, 1.165) is 38.0 Å². The average molecular weight is 421 g/mol. The number of amides is 1. The molecule has 3 heterocycles. The molecule has 1 atom stereocenters. The summed E-state index contributed by atoms with van der Waals surface area (Å²) in [6.45, 7) is 4.08. The zero-order valence-corrected chi connectivity index (χ0v) is 18.0. The first-order valence-electron chi connectivity index (χ1n) is 9.44. The van der Waals surface area contributed by atoms with Crippen molar-refractivity contribution < 1.29 is 4.79 Å². The number of aromatic nitrogens is 3. The topological polar surface area (TPSA) is 59.8 Å². The summed E-state index contributed by atoms with van der Waals surface area (Å²) < 4.78 is 2.92. The van der Waals surface area contributed by atoms with Crippen LogP contribution in [0.15, 0.2) is 47.4 Å². The molecule has 0 saturated carbocycles. The Hall–Kier alpha value is -2.64. The highest BCUT2D eigenvalue weighted by Gasteiger charge is 2.33. The normalized spacial score (nSPS) is 16.1. The molecule has 1 amide bonds. The average Bonchev–Trinajstić information content (AvgIpc) is 3.28. The van der Waals surface area contributed by atoms with Gasteiger partial charge in [0.15, 0.2) is 0 Å². The van der Waals surface area contributed by atoms with E-state index in [-0.39, 0.29) is 11.8 Å². The molecule has 0 unspecified atom stereocenters. The highest BCUT2D eigenvalue weighted by molar-refractivity contribution is 7.98. The summed E-state index contributed by atoms with van der Waals surface area (Å²) in [5.74, 6) is 0.753. The fraction of sp³-hybridized carbons (Fsp3) is 0.227. The molecule has 2 aromatic carbocycles. The molecule has 5 nitrogen and oxygen atoms in total. The number of carbonyl (C=O) groups excluding carboxylic acids is 1. The number of thiazole rings is 1. The van der Waals surface area contributed by atoms with Gasteiger partial charge in [-0.1, -0.05) is 29.5 Å². The van der Waals surface area contributed by atoms with Gasteiger partial charge >= 0.3 is 0 Å². The number of rotatable bonds is 3. The molecular weight excluding hydrogens is 400 g/mol. The van der Waals surface area contributed by atoms with Gasteiger partial charge in [0.25, 0.3) is 0 Å². The van der Waals surface area contributed by atoms with E-state index in [9.17, 15) is 4.79 Å². The summed E-state index contributed by atoms with van der Waals surface area (Å²) >= 11 is 3.30. The quantitative estimate of drug-likeness (QED) is 0.457. The van der Waals surface area contributed by atoms with Crippen molar-refractivity contribution in [3.05, 3.63) is 64.8 Å². The summed E-state index contributed by atoms with van der Waals surface area (Å²) in [5, 5.41) is 8.59. The van der Waals surface area contributed by atoms with Gasteiger partial charge in [-0.05, 0) is 55.5 Å². The predicted molar refractivity (Wildman–Crippen MR) is 120 cm³/mol. The molecule has 0 spiro atoms. The van der Waals surface area contributed by atoms with Crippen LogP contribution in [0.25, 0.3) is 15.3 Å². The predicted octanol–water partition coefficient (Wildman–Crippen LogP) is 5.29. The second-order valence-corrected chi connectivity index (χ2v) is 9.19. The van der Waals surface area contributed by atoms with Crippen LogP contribution in [0.5, 0.6) is 0 Å². The molecule has 1 N–H and O–H groups in total. The summed E-state index contributed by atoms with van der Waals surface area (Å²) in [5.41, 5.74) is 5.30. The Kier molecular flexibility index (Phi) is 4.44. The molecule has 0 aliphatic carbocycles. The molecule has 29 heavy (non-hydrogen) atoms. The van der Waals surface area contributed by atoms with Crippen LogP contribution >= 0.6 is 23.1 Å². The van der Waals surface area contributed by atoms with Gasteiger partial charge in [-0.2, -0.15) is 9.78 Å². The number of fused-ring (bicyclic) bond motifs is 2. The zero-order chi connectivity index (χ0) is 20.1. The van der Waals surface area contributed by atoms with Gasteiger partial charge in [0.1, 0.15) is 5.82 Å². The number of benzene rings is 2. The van der Waals surface area contributed by atoms with Crippen LogP contribution in [0.3, 0.4) is 0 Å². The first kappa shape index (κ1) is 18.4. The summed E-state index contributed by atoms with van der Waals surface area (Å²) in [7, 11) is 0. The minimum Gasteiger partial charge on any atom is -0.310 e. The smallest absolute Gasteiger partial charge is 0.226 e. The Labute approximate surface area is 177 Å². The van der Waals surface area contributed by atoms with Gasteiger partial charge in [-0.15, -0.1) is 11.8 Å². The Morgan fingerprint density at radius 2 is 1.97 bits per heavy atom. The minimum atomic E-state index is 0.0000268. The molecule has 7 heteroatoms. The maximum absolute atomic E-state index is 12.6. The van der Waals surface area contributed by atoms with Crippen LogP contribution in [-0.4, -0.2) is 26.9 Å². The van der Waals surface area contributed by atoms with Crippen LogP contribution in [-0.2, 0) is 4.79 Å². The Bertz CT molecular complexity index is 1240. The molecule has 0 fully saturated rings. The lowest BCUT2D eigenvalue weighted by Gasteiger charge is -2.24. The monoisotopic (exact) mass is 420 g/mol. The zero-order valence-electron chi connectivity index (χ0n) is 16.4. The van der Waals surface area contributed by atoms with E-state index in [1.165, 1.54) is 10.5 Å². The van der Waals surface area contributed by atoms with Crippen molar-refractivity contribution in [2.75, 3.05) is 11.6 Å². The van der Waals surface area contributed by atoms with Crippen molar-refractivity contribution in [3.63, 3.8) is 0 Å². The van der Waals surface area contributed by atoms with Crippen LogP contribution < -0.4 is 5.32 Å². The first-order chi connectivity index (χ1) is 14.0. The lowest BCUT2D eigenvalue weighted by molar-refractivity contribution is -0.116. The van der Waals surface area contributed by atoms with E-state index in [1.807, 2.05) is 13.0 Å². The van der Waals surface area contributed by atoms with Crippen molar-refractivity contribution in [1.82, 2.24) is 14.8 Å². The third-order valence-corrected chi connectivity index (χ3v) is 7.07. The Balaban J connectivity index is 1.64. The van der Waals surface area contributed by atoms with Crippen LogP contribution in [0.2, 0.25) is 0 Å². The van der Waals surface area contributed by atoms with E-state index < -0.39 is 0 Å². The molecule has 0 radical (unpaired) electrons. The summed E-state index contributed by atoms with van der Waals surface area (Å²) in [4.78, 5) is 18.5. The molecule has 0 saturated heterocycles.